The number of carbonyl (C=O) groups excluding carboxylic acids is 2. The summed E-state index contributed by atoms with van der Waals surface area (Å²) in [4.78, 5) is 22.1. The number of hydrogen-bond donors (Lipinski definition) is 0. The zero-order chi connectivity index (χ0) is 11.7. The second-order valence-corrected chi connectivity index (χ2v) is 3.64. The normalized spacial score (nSPS) is 10.1. The van der Waals surface area contributed by atoms with Gasteiger partial charge in [-0.2, -0.15) is 0 Å². The standard InChI is InChI=1S/C11H20O4/c1-4-5-6-7-14-10(12)8-11(13)15-9(2)3/h9H,4-8H2,1-3H3. The highest BCUT2D eigenvalue weighted by Crippen LogP contribution is 1.98. The van der Waals surface area contributed by atoms with Gasteiger partial charge in [0.15, 0.2) is 0 Å². The molecule has 0 N–H and O–H groups in total. The van der Waals surface area contributed by atoms with E-state index >= 15 is 0 Å². The molecule has 0 aliphatic carbocycles. The van der Waals surface area contributed by atoms with Crippen LogP contribution in [0.25, 0.3) is 0 Å². The Morgan fingerprint density at radius 1 is 1.13 bits per heavy atom. The van der Waals surface area contributed by atoms with Crippen LogP contribution in [0.4, 0.5) is 0 Å². The smallest absolute Gasteiger partial charge is 0.317 e. The Morgan fingerprint density at radius 2 is 1.80 bits per heavy atom. The summed E-state index contributed by atoms with van der Waals surface area (Å²) in [5.41, 5.74) is 0. The third-order valence-electron chi connectivity index (χ3n) is 1.67. The van der Waals surface area contributed by atoms with Crippen LogP contribution >= 0.6 is 0 Å². The molecule has 0 atom stereocenters. The minimum Gasteiger partial charge on any atom is -0.465 e. The maximum absolute atomic E-state index is 11.1. The van der Waals surface area contributed by atoms with Crippen LogP contribution in [0.15, 0.2) is 0 Å². The number of esters is 2. The monoisotopic (exact) mass is 216 g/mol. The molecular weight excluding hydrogens is 196 g/mol. The fourth-order valence-corrected chi connectivity index (χ4v) is 1.01. The van der Waals surface area contributed by atoms with Crippen molar-refractivity contribution < 1.29 is 19.1 Å². The van der Waals surface area contributed by atoms with Crippen LogP contribution in [0, 0.1) is 0 Å². The fourth-order valence-electron chi connectivity index (χ4n) is 1.01. The first kappa shape index (κ1) is 13.9. The molecule has 0 aromatic rings. The molecule has 0 saturated carbocycles. The summed E-state index contributed by atoms with van der Waals surface area (Å²) in [5.74, 6) is -1.03. The Bertz CT molecular complexity index is 199. The van der Waals surface area contributed by atoms with Crippen molar-refractivity contribution in [2.75, 3.05) is 6.61 Å². The molecule has 4 nitrogen and oxygen atoms in total. The molecule has 0 saturated heterocycles. The van der Waals surface area contributed by atoms with Gasteiger partial charge in [-0.3, -0.25) is 9.59 Å². The second-order valence-electron chi connectivity index (χ2n) is 3.64. The molecule has 0 radical (unpaired) electrons. The van der Waals surface area contributed by atoms with Gasteiger partial charge >= 0.3 is 11.9 Å². The maximum atomic E-state index is 11.1. The van der Waals surface area contributed by atoms with Gasteiger partial charge in [0.1, 0.15) is 6.42 Å². The van der Waals surface area contributed by atoms with Crippen LogP contribution in [0.3, 0.4) is 0 Å². The Kier molecular flexibility index (Phi) is 7.68. The molecule has 0 amide bonds. The highest BCUT2D eigenvalue weighted by molar-refractivity contribution is 5.91. The molecule has 4 heteroatoms. The highest BCUT2D eigenvalue weighted by atomic mass is 16.6. The molecular formula is C11H20O4. The van der Waals surface area contributed by atoms with Crippen LogP contribution in [-0.4, -0.2) is 24.6 Å². The molecule has 0 unspecified atom stereocenters. The Hall–Kier alpha value is -1.06. The minimum absolute atomic E-state index is 0.189. The predicted octanol–water partition coefficient (Wildman–Crippen LogP) is 2.06. The first-order chi connectivity index (χ1) is 7.06. The van der Waals surface area contributed by atoms with Gasteiger partial charge in [-0.15, -0.1) is 0 Å². The van der Waals surface area contributed by atoms with Crippen LogP contribution in [-0.2, 0) is 19.1 Å². The summed E-state index contributed by atoms with van der Waals surface area (Å²) in [7, 11) is 0. The highest BCUT2D eigenvalue weighted by Gasteiger charge is 2.12. The molecule has 0 aliphatic heterocycles. The van der Waals surface area contributed by atoms with E-state index in [1.807, 2.05) is 0 Å². The number of ether oxygens (including phenoxy) is 2. The van der Waals surface area contributed by atoms with E-state index in [2.05, 4.69) is 6.92 Å². The van der Waals surface area contributed by atoms with E-state index in [1.165, 1.54) is 0 Å². The Balaban J connectivity index is 3.51. The van der Waals surface area contributed by atoms with E-state index in [0.29, 0.717) is 6.61 Å². The van der Waals surface area contributed by atoms with Crippen LogP contribution in [0.5, 0.6) is 0 Å². The van der Waals surface area contributed by atoms with Crippen LogP contribution in [0.2, 0.25) is 0 Å². The van der Waals surface area contributed by atoms with Crippen LogP contribution < -0.4 is 0 Å². The van der Waals surface area contributed by atoms with E-state index in [4.69, 9.17) is 9.47 Å². The zero-order valence-electron chi connectivity index (χ0n) is 9.75. The van der Waals surface area contributed by atoms with E-state index in [9.17, 15) is 9.59 Å². The topological polar surface area (TPSA) is 52.6 Å². The largest absolute Gasteiger partial charge is 0.465 e. The molecule has 0 rings (SSSR count). The van der Waals surface area contributed by atoms with Crippen molar-refractivity contribution in [3.8, 4) is 0 Å². The van der Waals surface area contributed by atoms with E-state index in [-0.39, 0.29) is 12.5 Å². The fraction of sp³-hybridized carbons (Fsp3) is 0.818. The molecule has 0 aromatic heterocycles. The molecule has 0 fully saturated rings. The van der Waals surface area contributed by atoms with Gasteiger partial charge in [-0.25, -0.2) is 0 Å². The van der Waals surface area contributed by atoms with Crippen molar-refractivity contribution in [3.63, 3.8) is 0 Å². The molecule has 0 aliphatic rings. The molecule has 0 heterocycles. The SMILES string of the molecule is CCCCCOC(=O)CC(=O)OC(C)C. The average molecular weight is 216 g/mol. The first-order valence-electron chi connectivity index (χ1n) is 5.41. The lowest BCUT2D eigenvalue weighted by Crippen LogP contribution is -2.17. The molecule has 15 heavy (non-hydrogen) atoms. The van der Waals surface area contributed by atoms with Gasteiger partial charge in [0.25, 0.3) is 0 Å². The summed E-state index contributed by atoms with van der Waals surface area (Å²) in [5, 5.41) is 0. The van der Waals surface area contributed by atoms with Gasteiger partial charge in [0, 0.05) is 0 Å². The lowest BCUT2D eigenvalue weighted by atomic mass is 10.3. The summed E-state index contributed by atoms with van der Waals surface area (Å²) in [6.45, 7) is 5.94. The molecule has 0 aromatic carbocycles. The number of carbonyl (C=O) groups is 2. The average Bonchev–Trinajstić information content (AvgIpc) is 2.10. The van der Waals surface area contributed by atoms with Gasteiger partial charge in [-0.05, 0) is 20.3 Å². The number of rotatable bonds is 7. The summed E-state index contributed by atoms with van der Waals surface area (Å²) >= 11 is 0. The van der Waals surface area contributed by atoms with E-state index < -0.39 is 11.9 Å². The van der Waals surface area contributed by atoms with Crippen molar-refractivity contribution in [2.24, 2.45) is 0 Å². The summed E-state index contributed by atoms with van der Waals surface area (Å²) in [6, 6.07) is 0. The molecule has 0 bridgehead atoms. The Labute approximate surface area is 90.9 Å². The Morgan fingerprint density at radius 3 is 2.33 bits per heavy atom. The van der Waals surface area contributed by atoms with Crippen molar-refractivity contribution in [1.29, 1.82) is 0 Å². The van der Waals surface area contributed by atoms with E-state index in [1.54, 1.807) is 13.8 Å². The maximum Gasteiger partial charge on any atom is 0.317 e. The lowest BCUT2D eigenvalue weighted by molar-refractivity contribution is -0.156. The van der Waals surface area contributed by atoms with Crippen molar-refractivity contribution >= 4 is 11.9 Å². The number of hydrogen-bond acceptors (Lipinski definition) is 4. The summed E-state index contributed by atoms with van der Waals surface area (Å²) in [6.07, 6.45) is 2.48. The minimum atomic E-state index is -0.523. The van der Waals surface area contributed by atoms with Gasteiger partial charge in [-0.1, -0.05) is 19.8 Å². The van der Waals surface area contributed by atoms with Crippen LogP contribution in [0.1, 0.15) is 46.5 Å². The first-order valence-corrected chi connectivity index (χ1v) is 5.41. The van der Waals surface area contributed by atoms with E-state index in [0.717, 1.165) is 19.3 Å². The second kappa shape index (κ2) is 8.26. The predicted molar refractivity (Wildman–Crippen MR) is 56.3 cm³/mol. The third kappa shape index (κ3) is 9.25. The van der Waals surface area contributed by atoms with Crippen molar-refractivity contribution in [1.82, 2.24) is 0 Å². The quantitative estimate of drug-likeness (QED) is 0.371. The van der Waals surface area contributed by atoms with Gasteiger partial charge in [0.05, 0.1) is 12.7 Å². The van der Waals surface area contributed by atoms with Gasteiger partial charge < -0.3 is 9.47 Å². The summed E-state index contributed by atoms with van der Waals surface area (Å²) < 4.78 is 9.67. The molecule has 0 spiro atoms. The third-order valence-corrected chi connectivity index (χ3v) is 1.67. The van der Waals surface area contributed by atoms with Crippen molar-refractivity contribution in [2.45, 2.75) is 52.6 Å². The zero-order valence-corrected chi connectivity index (χ0v) is 9.75. The van der Waals surface area contributed by atoms with Gasteiger partial charge in [0.2, 0.25) is 0 Å². The van der Waals surface area contributed by atoms with Crippen molar-refractivity contribution in [3.05, 3.63) is 0 Å². The number of unbranched alkanes of at least 4 members (excludes halogenated alkanes) is 2. The lowest BCUT2D eigenvalue weighted by Gasteiger charge is -2.07. The molecule has 88 valence electrons.